The van der Waals surface area contributed by atoms with Gasteiger partial charge in [-0.2, -0.15) is 0 Å². The number of phenolic OH excluding ortho intramolecular Hbond substituents is 1. The molecule has 2 aromatic carbocycles. The summed E-state index contributed by atoms with van der Waals surface area (Å²) in [6.45, 7) is 6.47. The van der Waals surface area contributed by atoms with Crippen LogP contribution in [0.2, 0.25) is 5.02 Å². The number of amides is 1. The number of rotatable bonds is 4. The fourth-order valence-corrected chi connectivity index (χ4v) is 5.31. The van der Waals surface area contributed by atoms with Crippen LogP contribution < -0.4 is 5.73 Å². The molecule has 2 atom stereocenters. The molecule has 1 aliphatic carbocycles. The molecule has 0 spiro atoms. The molecule has 2 aliphatic rings. The van der Waals surface area contributed by atoms with E-state index in [9.17, 15) is 14.9 Å². The van der Waals surface area contributed by atoms with Gasteiger partial charge in [-0.25, -0.2) is 0 Å². The minimum atomic E-state index is -0.637. The van der Waals surface area contributed by atoms with Crippen LogP contribution in [-0.2, 0) is 11.2 Å². The molecule has 0 saturated carbocycles. The zero-order valence-electron chi connectivity index (χ0n) is 20.5. The van der Waals surface area contributed by atoms with Gasteiger partial charge in [-0.05, 0) is 50.1 Å². The molecule has 1 aromatic heterocycles. The highest BCUT2D eigenvalue weighted by Gasteiger charge is 2.36. The Balaban J connectivity index is 0.000000214. The van der Waals surface area contributed by atoms with Crippen molar-refractivity contribution in [3.05, 3.63) is 68.9 Å². The molecule has 36 heavy (non-hydrogen) atoms. The number of non-ortho nitro benzene ring substituents is 1. The number of aromatic hydroxyl groups is 1. The number of hydrogen-bond acceptors (Lipinski definition) is 6. The number of benzene rings is 2. The van der Waals surface area contributed by atoms with Crippen molar-refractivity contribution in [1.82, 2.24) is 14.8 Å². The van der Waals surface area contributed by atoms with E-state index in [0.29, 0.717) is 6.04 Å². The molecule has 4 N–H and O–H groups in total. The summed E-state index contributed by atoms with van der Waals surface area (Å²) in [5.74, 6) is -0.121. The van der Waals surface area contributed by atoms with E-state index in [-0.39, 0.29) is 34.0 Å². The number of nitro groups is 1. The number of nitrogens with zero attached hydrogens (tertiary/aromatic N) is 3. The number of carbonyl (C=O) groups excluding carboxylic acids is 1. The fourth-order valence-electron chi connectivity index (χ4n) is 5.09. The lowest BCUT2D eigenvalue weighted by Gasteiger charge is -2.40. The summed E-state index contributed by atoms with van der Waals surface area (Å²) < 4.78 is 0. The molecule has 9 nitrogen and oxygen atoms in total. The van der Waals surface area contributed by atoms with Crippen molar-refractivity contribution in [2.24, 2.45) is 5.92 Å². The first-order chi connectivity index (χ1) is 17.2. The Kier molecular flexibility index (Phi) is 7.23. The molecule has 0 saturated heterocycles. The third-order valence-corrected chi connectivity index (χ3v) is 7.24. The van der Waals surface area contributed by atoms with E-state index in [4.69, 9.17) is 22.4 Å². The van der Waals surface area contributed by atoms with Crippen LogP contribution in [0.5, 0.6) is 5.75 Å². The summed E-state index contributed by atoms with van der Waals surface area (Å²) in [6, 6.07) is 8.90. The summed E-state index contributed by atoms with van der Waals surface area (Å²) in [5, 5.41) is 20.5. The second-order valence-electron chi connectivity index (χ2n) is 9.06. The molecule has 2 heterocycles. The lowest BCUT2D eigenvalue weighted by Crippen LogP contribution is -2.47. The molecule has 0 bridgehead atoms. The molecule has 1 amide bonds. The number of halogens is 1. The molecule has 0 radical (unpaired) electrons. The maximum atomic E-state index is 12.9. The largest absolute Gasteiger partial charge is 0.504 e. The van der Waals surface area contributed by atoms with Crippen molar-refractivity contribution in [3.63, 3.8) is 0 Å². The maximum absolute atomic E-state index is 12.9. The van der Waals surface area contributed by atoms with E-state index in [1.165, 1.54) is 27.6 Å². The number of hydrogen-bond donors (Lipinski definition) is 3. The number of carbonyl (C=O) groups is 1. The van der Waals surface area contributed by atoms with Gasteiger partial charge >= 0.3 is 0 Å². The lowest BCUT2D eigenvalue weighted by atomic mass is 9.79. The van der Waals surface area contributed by atoms with Crippen LogP contribution in [0.1, 0.15) is 25.0 Å². The second kappa shape index (κ2) is 10.2. The normalized spacial score (nSPS) is 18.6. The number of nitrogen functional groups attached to an aromatic ring is 1. The topological polar surface area (TPSA) is 129 Å². The second-order valence-corrected chi connectivity index (χ2v) is 9.47. The van der Waals surface area contributed by atoms with Gasteiger partial charge in [-0.1, -0.05) is 29.8 Å². The van der Waals surface area contributed by atoms with Crippen LogP contribution in [-0.4, -0.2) is 63.4 Å². The third-order valence-electron chi connectivity index (χ3n) is 6.95. The van der Waals surface area contributed by atoms with Crippen LogP contribution in [0.25, 0.3) is 16.5 Å². The van der Waals surface area contributed by atoms with Gasteiger partial charge in [0.05, 0.1) is 21.6 Å². The Morgan fingerprint density at radius 1 is 1.33 bits per heavy atom. The Morgan fingerprint density at radius 3 is 2.69 bits per heavy atom. The summed E-state index contributed by atoms with van der Waals surface area (Å²) in [7, 11) is 2.15. The summed E-state index contributed by atoms with van der Waals surface area (Å²) in [6.07, 6.45) is 5.41. The van der Waals surface area contributed by atoms with Crippen LogP contribution in [0.3, 0.4) is 0 Å². The summed E-state index contributed by atoms with van der Waals surface area (Å²) in [4.78, 5) is 30.2. The maximum Gasteiger partial charge on any atom is 0.273 e. The van der Waals surface area contributed by atoms with Crippen molar-refractivity contribution in [2.45, 2.75) is 26.3 Å². The zero-order chi connectivity index (χ0) is 26.1. The predicted octanol–water partition coefficient (Wildman–Crippen LogP) is 4.44. The van der Waals surface area contributed by atoms with Crippen LogP contribution in [0, 0.1) is 16.0 Å². The van der Waals surface area contributed by atoms with Crippen LogP contribution in [0.15, 0.2) is 42.6 Å². The standard InChI is InChI=1S/C20H25N3O.C6H5ClN2O3/c1-4-23(5-2)20(24)14-9-16-15-7-6-8-17-19(15)13(11-21-17)10-18(16)22(3)12-14;7-4-1-3(9(11)12)2-5(8)6(4)10/h6-9,11,14,18,21H,4-5,10,12H2,1-3H3;1-2,10H,8H2/t14-,18-;/m1./s1. The monoisotopic (exact) mass is 511 g/mol. The average Bonchev–Trinajstić information content (AvgIpc) is 3.28. The molecule has 0 fully saturated rings. The molecular weight excluding hydrogens is 482 g/mol. The van der Waals surface area contributed by atoms with Crippen molar-refractivity contribution < 1.29 is 14.8 Å². The molecule has 3 aromatic rings. The van der Waals surface area contributed by atoms with Gasteiger partial charge in [0.25, 0.3) is 5.69 Å². The van der Waals surface area contributed by atoms with E-state index in [2.05, 4.69) is 61.3 Å². The minimum absolute atomic E-state index is 0.0445. The Hall–Kier alpha value is -3.56. The van der Waals surface area contributed by atoms with Crippen LogP contribution in [0.4, 0.5) is 11.4 Å². The van der Waals surface area contributed by atoms with Crippen molar-refractivity contribution >= 4 is 45.4 Å². The van der Waals surface area contributed by atoms with Gasteiger partial charge in [0, 0.05) is 54.9 Å². The van der Waals surface area contributed by atoms with E-state index < -0.39 is 4.92 Å². The number of aromatic nitrogens is 1. The van der Waals surface area contributed by atoms with E-state index in [1.807, 2.05) is 4.90 Å². The Morgan fingerprint density at radius 2 is 2.06 bits per heavy atom. The Labute approximate surface area is 214 Å². The smallest absolute Gasteiger partial charge is 0.273 e. The molecule has 190 valence electrons. The number of fused-ring (bicyclic) bond motifs is 2. The minimum Gasteiger partial charge on any atom is -0.504 e. The molecular formula is C26H30ClN5O4. The first-order valence-electron chi connectivity index (χ1n) is 11.9. The number of nitrogens with two attached hydrogens (primary N) is 1. The van der Waals surface area contributed by atoms with Gasteiger partial charge in [0.2, 0.25) is 5.91 Å². The van der Waals surface area contributed by atoms with Gasteiger partial charge in [0.15, 0.2) is 5.75 Å². The van der Waals surface area contributed by atoms with Crippen LogP contribution >= 0.6 is 11.6 Å². The number of phenols is 1. The third kappa shape index (κ3) is 4.64. The highest BCUT2D eigenvalue weighted by molar-refractivity contribution is 6.32. The molecule has 10 heteroatoms. The predicted molar refractivity (Wildman–Crippen MR) is 142 cm³/mol. The van der Waals surface area contributed by atoms with Gasteiger partial charge in [0.1, 0.15) is 0 Å². The molecule has 1 aliphatic heterocycles. The fraction of sp³-hybridized carbons (Fsp3) is 0.346. The van der Waals surface area contributed by atoms with Crippen molar-refractivity contribution in [2.75, 3.05) is 32.4 Å². The number of aromatic amines is 1. The first-order valence-corrected chi connectivity index (χ1v) is 12.3. The van der Waals surface area contributed by atoms with Gasteiger partial charge in [-0.15, -0.1) is 0 Å². The van der Waals surface area contributed by atoms with E-state index in [1.54, 1.807) is 0 Å². The van der Waals surface area contributed by atoms with Gasteiger partial charge < -0.3 is 20.7 Å². The lowest BCUT2D eigenvalue weighted by molar-refractivity contribution is -0.384. The quantitative estimate of drug-likeness (QED) is 0.205. The van der Waals surface area contributed by atoms with Crippen molar-refractivity contribution in [3.8, 4) is 5.75 Å². The summed E-state index contributed by atoms with van der Waals surface area (Å²) >= 11 is 5.43. The Bertz CT molecular complexity index is 1320. The first kappa shape index (κ1) is 25.5. The number of anilines is 1. The highest BCUT2D eigenvalue weighted by Crippen LogP contribution is 2.41. The van der Waals surface area contributed by atoms with E-state index in [0.717, 1.165) is 38.2 Å². The average molecular weight is 512 g/mol. The number of H-pyrrole nitrogens is 1. The molecule has 5 rings (SSSR count). The highest BCUT2D eigenvalue weighted by atomic mass is 35.5. The van der Waals surface area contributed by atoms with Crippen molar-refractivity contribution in [1.29, 1.82) is 0 Å². The number of nitrogens with one attached hydrogen (secondary N) is 1. The number of likely N-dealkylation sites (N-methyl/N-ethyl adjacent to an activating group) is 1. The molecule has 0 unspecified atom stereocenters. The number of nitro benzene ring substituents is 1. The van der Waals surface area contributed by atoms with Gasteiger partial charge in [-0.3, -0.25) is 19.8 Å². The van der Waals surface area contributed by atoms with E-state index >= 15 is 0 Å². The zero-order valence-corrected chi connectivity index (χ0v) is 21.2. The summed E-state index contributed by atoms with van der Waals surface area (Å²) in [5.41, 5.74) is 10.1. The SMILES string of the molecule is CCN(CC)C(=O)[C@@H]1C=C2c3cccc4[nH]cc(c34)C[C@H]2N(C)C1.Nc1cc([N+](=O)[O-])cc(Cl)c1O.